The van der Waals surface area contributed by atoms with Gasteiger partial charge in [0.1, 0.15) is 61.2 Å². The zero-order valence-corrected chi connectivity index (χ0v) is 39.2. The second-order valence-corrected chi connectivity index (χ2v) is 17.4. The predicted octanol–water partition coefficient (Wildman–Crippen LogP) is 8.24. The summed E-state index contributed by atoms with van der Waals surface area (Å²) in [7, 11) is 1.21. The van der Waals surface area contributed by atoms with E-state index < -0.39 is 53.4 Å². The Hall–Kier alpha value is -7.98. The molecule has 0 spiro atoms. The summed E-state index contributed by atoms with van der Waals surface area (Å²) < 4.78 is 49.0. The van der Waals surface area contributed by atoms with Crippen molar-refractivity contribution in [1.29, 1.82) is 0 Å². The van der Waals surface area contributed by atoms with Crippen LogP contribution in [0.5, 0.6) is 0 Å². The van der Waals surface area contributed by atoms with Gasteiger partial charge < -0.3 is 62.3 Å². The number of carbonyl (C=O) groups excluding carboxylic acids is 5. The molecule has 0 unspecified atom stereocenters. The number of benzene rings is 1. The maximum atomic E-state index is 13.7. The average Bonchev–Trinajstić information content (AvgIpc) is 4.16. The van der Waals surface area contributed by atoms with E-state index in [1.165, 1.54) is 25.9 Å². The molecule has 0 saturated carbocycles. The number of hydrogen-bond donors (Lipinski definition) is 4. The van der Waals surface area contributed by atoms with Gasteiger partial charge in [-0.1, -0.05) is 30.3 Å². The molecule has 368 valence electrons. The summed E-state index contributed by atoms with van der Waals surface area (Å²) in [5.74, 6) is -1.12. The van der Waals surface area contributed by atoms with Crippen molar-refractivity contribution in [1.82, 2.24) is 46.2 Å². The van der Waals surface area contributed by atoms with E-state index in [9.17, 15) is 24.0 Å². The normalized spacial score (nSPS) is 12.4. The largest absolute Gasteiger partial charge is 0.464 e. The number of oxazole rings is 5. The number of rotatable bonds is 21. The number of methoxy groups -OCH3 is 1. The molecule has 23 heteroatoms. The van der Waals surface area contributed by atoms with Crippen LogP contribution in [0.2, 0.25) is 0 Å². The molecule has 4 amide bonds. The lowest BCUT2D eigenvalue weighted by Crippen LogP contribution is -2.33. The van der Waals surface area contributed by atoms with Crippen LogP contribution in [0.15, 0.2) is 83.7 Å². The third-order valence-corrected chi connectivity index (χ3v) is 9.42. The van der Waals surface area contributed by atoms with E-state index in [1.54, 1.807) is 41.5 Å². The van der Waals surface area contributed by atoms with Gasteiger partial charge in [-0.2, -0.15) is 0 Å². The zero-order valence-electron chi connectivity index (χ0n) is 39.2. The smallest absolute Gasteiger partial charge is 0.408 e. The highest BCUT2D eigenvalue weighted by molar-refractivity contribution is 5.92. The van der Waals surface area contributed by atoms with Gasteiger partial charge in [0.25, 0.3) is 5.91 Å². The molecular formula is C46H55N9O14. The standard InChI is InChI=1S/C46H55N9O14/c1-45(2,3)68-42(58)47-19-13-11-17-28(36-51-33(24-63-36)40-54-34(26-66-40)41(57)61-7)49-35(56)30-22-62-38(50-30)31-25-65-39(53-31)32-23-64-37(52-32)29(18-12-14-20-48-43(59)69-46(4,5)6)55-44(60)67-21-27-15-9-8-10-16-27/h8-10,15-16,22-26,28-29H,11-14,17-21H2,1-7H3,(H,47,58)(H,48,59)(H,49,56)(H,55,60)/t28-,29-/m0/s1. The van der Waals surface area contributed by atoms with E-state index in [0.717, 1.165) is 18.1 Å². The molecule has 0 aliphatic rings. The van der Waals surface area contributed by atoms with Crippen molar-refractivity contribution in [2.75, 3.05) is 20.2 Å². The number of nitrogens with zero attached hydrogens (tertiary/aromatic N) is 5. The minimum absolute atomic E-state index is 0.00994. The fourth-order valence-electron chi connectivity index (χ4n) is 6.28. The van der Waals surface area contributed by atoms with E-state index in [-0.39, 0.29) is 64.5 Å². The number of aromatic nitrogens is 5. The van der Waals surface area contributed by atoms with Crippen molar-refractivity contribution in [2.24, 2.45) is 0 Å². The molecule has 4 N–H and O–H groups in total. The SMILES string of the molecule is COC(=O)c1coc(-c2coc([C@H](CCCCNC(=O)OC(C)(C)C)NC(=O)c3coc(-c4coc(-c5coc([C@H](CCCCNC(=O)OC(C)(C)C)NC(=O)OCc6ccccc6)n5)n4)n3)n2)n1. The van der Waals surface area contributed by atoms with Crippen molar-refractivity contribution in [3.63, 3.8) is 0 Å². The molecule has 5 heterocycles. The second-order valence-electron chi connectivity index (χ2n) is 17.4. The van der Waals surface area contributed by atoms with E-state index >= 15 is 0 Å². The number of alkyl carbamates (subject to hydrolysis) is 3. The van der Waals surface area contributed by atoms with Crippen LogP contribution in [0.1, 0.15) is 130 Å². The maximum absolute atomic E-state index is 13.7. The van der Waals surface area contributed by atoms with Gasteiger partial charge in [-0.15, -0.1) is 0 Å². The Morgan fingerprint density at radius 2 is 1.04 bits per heavy atom. The van der Waals surface area contributed by atoms with Gasteiger partial charge in [0.05, 0.1) is 7.11 Å². The van der Waals surface area contributed by atoms with Crippen LogP contribution in [-0.2, 0) is 25.6 Å². The molecule has 1 aromatic carbocycles. The molecule has 0 saturated heterocycles. The Kier molecular flexibility index (Phi) is 16.9. The summed E-state index contributed by atoms with van der Waals surface area (Å²) in [4.78, 5) is 84.6. The fraction of sp³-hybridized carbons (Fsp3) is 0.435. The molecule has 6 aromatic rings. The van der Waals surface area contributed by atoms with E-state index in [2.05, 4.69) is 46.2 Å². The number of hydrogen-bond acceptors (Lipinski definition) is 19. The summed E-state index contributed by atoms with van der Waals surface area (Å²) >= 11 is 0. The number of carbonyl (C=O) groups is 5. The highest BCUT2D eigenvalue weighted by Gasteiger charge is 2.27. The highest BCUT2D eigenvalue weighted by Crippen LogP contribution is 2.29. The number of unbranched alkanes of at least 4 members (excludes halogenated alkanes) is 2. The van der Waals surface area contributed by atoms with Crippen molar-refractivity contribution in [2.45, 2.75) is 110 Å². The number of ether oxygens (including phenoxy) is 4. The van der Waals surface area contributed by atoms with Crippen molar-refractivity contribution in [3.05, 3.63) is 90.4 Å². The first-order chi connectivity index (χ1) is 32.9. The van der Waals surface area contributed by atoms with Crippen LogP contribution in [0.4, 0.5) is 14.4 Å². The third-order valence-electron chi connectivity index (χ3n) is 9.42. The molecule has 2 atom stereocenters. The Balaban J connectivity index is 1.10. The summed E-state index contributed by atoms with van der Waals surface area (Å²) in [5, 5.41) is 11.1. The first kappa shape index (κ1) is 50.4. The summed E-state index contributed by atoms with van der Waals surface area (Å²) in [6.45, 7) is 11.3. The van der Waals surface area contributed by atoms with E-state index in [0.29, 0.717) is 51.6 Å². The van der Waals surface area contributed by atoms with Gasteiger partial charge >= 0.3 is 24.2 Å². The highest BCUT2D eigenvalue weighted by atomic mass is 16.6. The summed E-state index contributed by atoms with van der Waals surface area (Å²) in [5.41, 5.74) is -0.170. The lowest BCUT2D eigenvalue weighted by Gasteiger charge is -2.20. The monoisotopic (exact) mass is 957 g/mol. The predicted molar refractivity (Wildman–Crippen MR) is 240 cm³/mol. The van der Waals surface area contributed by atoms with E-state index in [1.807, 2.05) is 30.3 Å². The quantitative estimate of drug-likeness (QED) is 0.0300. The topological polar surface area (TPSA) is 301 Å². The van der Waals surface area contributed by atoms with Gasteiger partial charge in [-0.3, -0.25) is 4.79 Å². The van der Waals surface area contributed by atoms with E-state index in [4.69, 9.17) is 41.0 Å². The van der Waals surface area contributed by atoms with Crippen molar-refractivity contribution in [3.8, 4) is 34.8 Å². The number of amides is 4. The van der Waals surface area contributed by atoms with Crippen LogP contribution in [0, 0.1) is 0 Å². The van der Waals surface area contributed by atoms with Gasteiger partial charge in [0.2, 0.25) is 29.5 Å². The fourth-order valence-corrected chi connectivity index (χ4v) is 6.28. The molecule has 69 heavy (non-hydrogen) atoms. The molecular weight excluding hydrogens is 903 g/mol. The van der Waals surface area contributed by atoms with Crippen LogP contribution in [-0.4, -0.2) is 86.5 Å². The minimum Gasteiger partial charge on any atom is -0.464 e. The number of esters is 1. The summed E-state index contributed by atoms with van der Waals surface area (Å²) in [6.07, 6.45) is 7.16. The van der Waals surface area contributed by atoms with Gasteiger partial charge in [0.15, 0.2) is 28.5 Å². The Labute approximate surface area is 395 Å². The van der Waals surface area contributed by atoms with Crippen molar-refractivity contribution >= 4 is 30.2 Å². The zero-order chi connectivity index (χ0) is 49.6. The van der Waals surface area contributed by atoms with Gasteiger partial charge in [-0.25, -0.2) is 44.1 Å². The minimum atomic E-state index is -0.805. The molecule has 0 bridgehead atoms. The first-order valence-corrected chi connectivity index (χ1v) is 22.0. The first-order valence-electron chi connectivity index (χ1n) is 22.0. The molecule has 6 rings (SSSR count). The van der Waals surface area contributed by atoms with Crippen LogP contribution in [0.3, 0.4) is 0 Å². The second kappa shape index (κ2) is 23.2. The Morgan fingerprint density at radius 1 is 0.565 bits per heavy atom. The molecule has 5 aromatic heterocycles. The molecule has 0 radical (unpaired) electrons. The van der Waals surface area contributed by atoms with Crippen LogP contribution >= 0.6 is 0 Å². The molecule has 0 aliphatic carbocycles. The maximum Gasteiger partial charge on any atom is 0.408 e. The average molecular weight is 958 g/mol. The van der Waals surface area contributed by atoms with Gasteiger partial charge in [-0.05, 0) is 85.6 Å². The molecule has 23 nitrogen and oxygen atoms in total. The van der Waals surface area contributed by atoms with Crippen LogP contribution in [0.25, 0.3) is 34.8 Å². The third kappa shape index (κ3) is 15.5. The number of nitrogens with one attached hydrogen (secondary N) is 4. The van der Waals surface area contributed by atoms with Crippen molar-refractivity contribution < 1.29 is 65.0 Å². The summed E-state index contributed by atoms with van der Waals surface area (Å²) in [6, 6.07) is 7.67. The molecule has 0 aliphatic heterocycles. The Morgan fingerprint density at radius 3 is 1.59 bits per heavy atom. The Bertz CT molecular complexity index is 2630. The molecule has 0 fully saturated rings. The lowest BCUT2D eigenvalue weighted by molar-refractivity contribution is 0.0515. The van der Waals surface area contributed by atoms with Crippen LogP contribution < -0.4 is 21.3 Å². The lowest BCUT2D eigenvalue weighted by atomic mass is 10.1. The van der Waals surface area contributed by atoms with Gasteiger partial charge in [0, 0.05) is 13.1 Å².